The number of benzene rings is 1. The van der Waals surface area contributed by atoms with E-state index in [1.807, 2.05) is 13.0 Å². The first-order chi connectivity index (χ1) is 9.85. The van der Waals surface area contributed by atoms with Crippen molar-refractivity contribution in [2.24, 2.45) is 0 Å². The lowest BCUT2D eigenvalue weighted by Gasteiger charge is -2.31. The number of hydrogen-bond donors (Lipinski definition) is 1. The molecule has 0 aliphatic carbocycles. The topological polar surface area (TPSA) is 21.3 Å². The Morgan fingerprint density at radius 2 is 2.25 bits per heavy atom. The van der Waals surface area contributed by atoms with E-state index in [0.717, 1.165) is 18.9 Å². The molecule has 0 radical (unpaired) electrons. The van der Waals surface area contributed by atoms with Gasteiger partial charge in [0, 0.05) is 28.6 Å². The quantitative estimate of drug-likeness (QED) is 0.822. The van der Waals surface area contributed by atoms with Crippen LogP contribution in [-0.2, 0) is 0 Å². The summed E-state index contributed by atoms with van der Waals surface area (Å²) in [6, 6.07) is 9.04. The van der Waals surface area contributed by atoms with E-state index in [9.17, 15) is 0 Å². The van der Waals surface area contributed by atoms with Gasteiger partial charge < -0.3 is 10.1 Å². The Morgan fingerprint density at radius 1 is 1.35 bits per heavy atom. The van der Waals surface area contributed by atoms with Crippen LogP contribution in [0.3, 0.4) is 0 Å². The molecule has 1 aliphatic heterocycles. The molecular formula is C16H25NOS2. The molecule has 2 nitrogen and oxygen atoms in total. The van der Waals surface area contributed by atoms with Crippen LogP contribution in [0, 0.1) is 0 Å². The molecule has 2 rings (SSSR count). The number of thioether (sulfide) groups is 2. The van der Waals surface area contributed by atoms with Crippen LogP contribution in [0.4, 0.5) is 0 Å². The fourth-order valence-electron chi connectivity index (χ4n) is 2.43. The first kappa shape index (κ1) is 16.1. The molecule has 0 amide bonds. The highest BCUT2D eigenvalue weighted by Gasteiger charge is 2.25. The van der Waals surface area contributed by atoms with Gasteiger partial charge in [-0.2, -0.15) is 23.5 Å². The van der Waals surface area contributed by atoms with Crippen molar-refractivity contribution in [1.82, 2.24) is 5.32 Å². The minimum atomic E-state index is 0.438. The maximum Gasteiger partial charge on any atom is 0.119 e. The lowest BCUT2D eigenvalue weighted by atomic mass is 10.0. The Balaban J connectivity index is 2.13. The van der Waals surface area contributed by atoms with Gasteiger partial charge in [-0.15, -0.1) is 0 Å². The first-order valence-electron chi connectivity index (χ1n) is 7.50. The van der Waals surface area contributed by atoms with Gasteiger partial charge in [0.25, 0.3) is 0 Å². The van der Waals surface area contributed by atoms with Crippen molar-refractivity contribution in [2.45, 2.75) is 31.6 Å². The molecule has 2 atom stereocenters. The van der Waals surface area contributed by atoms with E-state index in [2.05, 4.69) is 54.0 Å². The largest absolute Gasteiger partial charge is 0.494 e. The molecule has 0 spiro atoms. The molecule has 4 heteroatoms. The van der Waals surface area contributed by atoms with Crippen molar-refractivity contribution < 1.29 is 4.74 Å². The second-order valence-electron chi connectivity index (χ2n) is 4.92. The van der Waals surface area contributed by atoms with Gasteiger partial charge in [-0.05, 0) is 37.6 Å². The van der Waals surface area contributed by atoms with Gasteiger partial charge in [0.2, 0.25) is 0 Å². The molecule has 0 saturated carbocycles. The van der Waals surface area contributed by atoms with E-state index in [4.69, 9.17) is 4.74 Å². The highest BCUT2D eigenvalue weighted by molar-refractivity contribution is 8.06. The predicted octanol–water partition coefficient (Wildman–Crippen LogP) is 3.97. The Kier molecular flexibility index (Phi) is 7.11. The zero-order valence-electron chi connectivity index (χ0n) is 12.4. The molecule has 1 N–H and O–H groups in total. The zero-order valence-corrected chi connectivity index (χ0v) is 14.1. The summed E-state index contributed by atoms with van der Waals surface area (Å²) in [6.07, 6.45) is 1.17. The molecule has 1 aliphatic rings. The Bertz CT molecular complexity index is 394. The fourth-order valence-corrected chi connectivity index (χ4v) is 5.30. The smallest absolute Gasteiger partial charge is 0.119 e. The molecule has 1 aromatic rings. The van der Waals surface area contributed by atoms with Gasteiger partial charge in [0.15, 0.2) is 0 Å². The molecule has 0 aromatic heterocycles. The van der Waals surface area contributed by atoms with Crippen LogP contribution in [-0.4, -0.2) is 35.7 Å². The zero-order chi connectivity index (χ0) is 14.2. The Morgan fingerprint density at radius 3 is 2.95 bits per heavy atom. The van der Waals surface area contributed by atoms with E-state index in [-0.39, 0.29) is 0 Å². The standard InChI is InChI=1S/C16H25NOS2/c1-3-8-17-16(15-12-19-9-10-20-15)13-6-5-7-14(11-13)18-4-2/h5-7,11,15-17H,3-4,8-10,12H2,1-2H3. The summed E-state index contributed by atoms with van der Waals surface area (Å²) in [4.78, 5) is 0. The molecular weight excluding hydrogens is 286 g/mol. The highest BCUT2D eigenvalue weighted by Crippen LogP contribution is 2.34. The van der Waals surface area contributed by atoms with Crippen molar-refractivity contribution in [3.8, 4) is 5.75 Å². The normalized spacial score (nSPS) is 20.6. The summed E-state index contributed by atoms with van der Waals surface area (Å²) in [7, 11) is 0. The molecule has 1 saturated heterocycles. The van der Waals surface area contributed by atoms with Crippen LogP contribution < -0.4 is 10.1 Å². The molecule has 112 valence electrons. The first-order valence-corrected chi connectivity index (χ1v) is 9.71. The van der Waals surface area contributed by atoms with Crippen molar-refractivity contribution in [2.75, 3.05) is 30.4 Å². The SMILES string of the molecule is CCCNC(c1cccc(OCC)c1)C1CSCCS1. The molecule has 1 heterocycles. The minimum absolute atomic E-state index is 0.438. The summed E-state index contributed by atoms with van der Waals surface area (Å²) in [6.45, 7) is 6.06. The molecule has 0 bridgehead atoms. The molecule has 1 aromatic carbocycles. The van der Waals surface area contributed by atoms with Gasteiger partial charge in [-0.25, -0.2) is 0 Å². The summed E-state index contributed by atoms with van der Waals surface area (Å²) < 4.78 is 5.65. The van der Waals surface area contributed by atoms with Gasteiger partial charge >= 0.3 is 0 Å². The minimum Gasteiger partial charge on any atom is -0.494 e. The van der Waals surface area contributed by atoms with Crippen LogP contribution in [0.2, 0.25) is 0 Å². The number of ether oxygens (including phenoxy) is 1. The average Bonchev–Trinajstić information content (AvgIpc) is 2.50. The average molecular weight is 312 g/mol. The third-order valence-electron chi connectivity index (χ3n) is 3.36. The van der Waals surface area contributed by atoms with E-state index in [1.54, 1.807) is 0 Å². The van der Waals surface area contributed by atoms with Crippen molar-refractivity contribution in [3.05, 3.63) is 29.8 Å². The van der Waals surface area contributed by atoms with Gasteiger partial charge in [0.1, 0.15) is 5.75 Å². The molecule has 1 fully saturated rings. The van der Waals surface area contributed by atoms with Crippen molar-refractivity contribution in [3.63, 3.8) is 0 Å². The number of nitrogens with one attached hydrogen (secondary N) is 1. The van der Waals surface area contributed by atoms with Crippen LogP contribution in [0.25, 0.3) is 0 Å². The van der Waals surface area contributed by atoms with Crippen molar-refractivity contribution >= 4 is 23.5 Å². The molecule has 20 heavy (non-hydrogen) atoms. The maximum atomic E-state index is 5.65. The third-order valence-corrected chi connectivity index (χ3v) is 6.22. The van der Waals surface area contributed by atoms with Crippen LogP contribution in [0.5, 0.6) is 5.75 Å². The van der Waals surface area contributed by atoms with E-state index in [1.165, 1.54) is 29.2 Å². The van der Waals surface area contributed by atoms with E-state index in [0.29, 0.717) is 11.3 Å². The van der Waals surface area contributed by atoms with Crippen LogP contribution in [0.1, 0.15) is 31.9 Å². The summed E-state index contributed by atoms with van der Waals surface area (Å²) in [5.74, 6) is 4.79. The number of rotatable bonds is 7. The Labute approximate surface area is 131 Å². The lowest BCUT2D eigenvalue weighted by Crippen LogP contribution is -2.34. The predicted molar refractivity (Wildman–Crippen MR) is 92.2 cm³/mol. The molecule has 2 unspecified atom stereocenters. The highest BCUT2D eigenvalue weighted by atomic mass is 32.2. The summed E-state index contributed by atoms with van der Waals surface area (Å²) in [5, 5.41) is 4.40. The van der Waals surface area contributed by atoms with Crippen molar-refractivity contribution in [1.29, 1.82) is 0 Å². The maximum absolute atomic E-state index is 5.65. The lowest BCUT2D eigenvalue weighted by molar-refractivity contribution is 0.339. The van der Waals surface area contributed by atoms with E-state index < -0.39 is 0 Å². The van der Waals surface area contributed by atoms with Gasteiger partial charge in [-0.3, -0.25) is 0 Å². The van der Waals surface area contributed by atoms with Gasteiger partial charge in [-0.1, -0.05) is 19.1 Å². The van der Waals surface area contributed by atoms with E-state index >= 15 is 0 Å². The number of hydrogen-bond acceptors (Lipinski definition) is 4. The monoisotopic (exact) mass is 311 g/mol. The Hall–Kier alpha value is -0.320. The second-order valence-corrected chi connectivity index (χ2v) is 7.42. The second kappa shape index (κ2) is 8.85. The summed E-state index contributed by atoms with van der Waals surface area (Å²) in [5.41, 5.74) is 1.37. The van der Waals surface area contributed by atoms with Crippen LogP contribution >= 0.6 is 23.5 Å². The summed E-state index contributed by atoms with van der Waals surface area (Å²) >= 11 is 4.19. The third kappa shape index (κ3) is 4.61. The fraction of sp³-hybridized carbons (Fsp3) is 0.625. The van der Waals surface area contributed by atoms with Crippen LogP contribution in [0.15, 0.2) is 24.3 Å². The van der Waals surface area contributed by atoms with Gasteiger partial charge in [0.05, 0.1) is 6.61 Å².